The second-order valence-electron chi connectivity index (χ2n) is 16.7. The molecule has 0 saturated carbocycles. The van der Waals surface area contributed by atoms with E-state index < -0.39 is 12.1 Å². The molecule has 6 heteroatoms. The Morgan fingerprint density at radius 2 is 0.677 bits per heavy atom. The molecule has 0 heterocycles. The van der Waals surface area contributed by atoms with Gasteiger partial charge in [-0.05, 0) is 96.3 Å². The van der Waals surface area contributed by atoms with E-state index in [9.17, 15) is 14.4 Å². The van der Waals surface area contributed by atoms with E-state index in [1.807, 2.05) is 6.08 Å². The van der Waals surface area contributed by atoms with Crippen LogP contribution >= 0.6 is 0 Å². The van der Waals surface area contributed by atoms with Gasteiger partial charge in [0, 0.05) is 12.8 Å². The summed E-state index contributed by atoms with van der Waals surface area (Å²) in [6, 6.07) is 0. The summed E-state index contributed by atoms with van der Waals surface area (Å²) in [5, 5.41) is 0. The Kier molecular flexibility index (Phi) is 47.5. The molecule has 0 aromatic carbocycles. The van der Waals surface area contributed by atoms with E-state index in [0.29, 0.717) is 12.8 Å². The van der Waals surface area contributed by atoms with E-state index in [1.54, 1.807) is 6.08 Å². The van der Waals surface area contributed by atoms with Crippen LogP contribution in [0, 0.1) is 0 Å². The van der Waals surface area contributed by atoms with Gasteiger partial charge in [-0.25, -0.2) is 0 Å². The number of hydrogen-bond donors (Lipinski definition) is 0. The molecular formula is C56H94O6. The van der Waals surface area contributed by atoms with Crippen LogP contribution in [0.3, 0.4) is 0 Å². The molecule has 0 saturated heterocycles. The van der Waals surface area contributed by atoms with E-state index >= 15 is 0 Å². The first-order valence-electron chi connectivity index (χ1n) is 25.6. The van der Waals surface area contributed by atoms with Gasteiger partial charge in [0.15, 0.2) is 6.10 Å². The topological polar surface area (TPSA) is 78.9 Å². The molecular weight excluding hydrogens is 769 g/mol. The Labute approximate surface area is 382 Å². The molecule has 0 aromatic rings. The molecule has 0 aliphatic carbocycles. The maximum Gasteiger partial charge on any atom is 0.310 e. The van der Waals surface area contributed by atoms with Gasteiger partial charge in [-0.15, -0.1) is 0 Å². The van der Waals surface area contributed by atoms with Gasteiger partial charge in [-0.2, -0.15) is 0 Å². The van der Waals surface area contributed by atoms with E-state index in [-0.39, 0.29) is 31.6 Å². The number of ether oxygens (including phenoxy) is 3. The van der Waals surface area contributed by atoms with Crippen molar-refractivity contribution in [3.8, 4) is 0 Å². The summed E-state index contributed by atoms with van der Waals surface area (Å²) in [5.74, 6) is -1.07. The van der Waals surface area contributed by atoms with Gasteiger partial charge in [0.2, 0.25) is 0 Å². The Bertz CT molecular complexity index is 1220. The van der Waals surface area contributed by atoms with Crippen LogP contribution in [0.2, 0.25) is 0 Å². The van der Waals surface area contributed by atoms with Crippen molar-refractivity contribution in [2.45, 2.75) is 239 Å². The SMILES string of the molecule is CC/C=C\C/C=C\C/C=C\C/C=C\C/C=C\CC(=O)OC(COC(=O)CCCCCCC/C=C\CCCCC)COC(=O)CCCCCCCCC/C=C\CCCCCCCC. The molecule has 0 rings (SSSR count). The molecule has 0 fully saturated rings. The molecule has 1 atom stereocenters. The zero-order valence-corrected chi connectivity index (χ0v) is 40.4. The third-order valence-electron chi connectivity index (χ3n) is 10.6. The molecule has 0 aliphatic rings. The monoisotopic (exact) mass is 863 g/mol. The van der Waals surface area contributed by atoms with Gasteiger partial charge in [0.1, 0.15) is 13.2 Å². The molecule has 354 valence electrons. The fourth-order valence-electron chi connectivity index (χ4n) is 6.80. The van der Waals surface area contributed by atoms with Crippen LogP contribution in [0.1, 0.15) is 233 Å². The zero-order chi connectivity index (χ0) is 45.1. The van der Waals surface area contributed by atoms with Crippen molar-refractivity contribution in [2.75, 3.05) is 13.2 Å². The van der Waals surface area contributed by atoms with Crippen LogP contribution in [-0.2, 0) is 28.6 Å². The number of carbonyl (C=O) groups excluding carboxylic acids is 3. The van der Waals surface area contributed by atoms with Gasteiger partial charge < -0.3 is 14.2 Å². The number of carbonyl (C=O) groups is 3. The lowest BCUT2D eigenvalue weighted by atomic mass is 10.1. The number of unbranched alkanes of at least 4 members (excludes halogenated alkanes) is 21. The number of rotatable bonds is 45. The fraction of sp³-hybridized carbons (Fsp3) is 0.696. The van der Waals surface area contributed by atoms with Crippen molar-refractivity contribution in [1.29, 1.82) is 0 Å². The van der Waals surface area contributed by atoms with Crippen LogP contribution in [0.4, 0.5) is 0 Å². The maximum atomic E-state index is 12.7. The van der Waals surface area contributed by atoms with Gasteiger partial charge in [-0.1, -0.05) is 202 Å². The summed E-state index contributed by atoms with van der Waals surface area (Å²) in [5.41, 5.74) is 0. The quantitative estimate of drug-likeness (QED) is 0.0263. The molecule has 0 aromatic heterocycles. The molecule has 0 spiro atoms. The predicted octanol–water partition coefficient (Wildman–Crippen LogP) is 16.8. The first kappa shape index (κ1) is 58.6. The number of allylic oxidation sites excluding steroid dienone is 13. The van der Waals surface area contributed by atoms with E-state index in [2.05, 4.69) is 93.7 Å². The highest BCUT2D eigenvalue weighted by atomic mass is 16.6. The first-order valence-corrected chi connectivity index (χ1v) is 25.6. The summed E-state index contributed by atoms with van der Waals surface area (Å²) < 4.78 is 16.7. The normalized spacial score (nSPS) is 12.8. The summed E-state index contributed by atoms with van der Waals surface area (Å²) >= 11 is 0. The minimum Gasteiger partial charge on any atom is -0.462 e. The van der Waals surface area contributed by atoms with Crippen molar-refractivity contribution in [2.24, 2.45) is 0 Å². The molecule has 0 N–H and O–H groups in total. The van der Waals surface area contributed by atoms with Crippen LogP contribution in [0.15, 0.2) is 85.1 Å². The van der Waals surface area contributed by atoms with Crippen molar-refractivity contribution in [1.82, 2.24) is 0 Å². The van der Waals surface area contributed by atoms with Crippen molar-refractivity contribution < 1.29 is 28.6 Å². The number of hydrogen-bond acceptors (Lipinski definition) is 6. The largest absolute Gasteiger partial charge is 0.462 e. The Morgan fingerprint density at radius 1 is 0.355 bits per heavy atom. The van der Waals surface area contributed by atoms with Crippen LogP contribution < -0.4 is 0 Å². The summed E-state index contributed by atoms with van der Waals surface area (Å²) in [4.78, 5) is 37.9. The molecule has 0 aliphatic heterocycles. The van der Waals surface area contributed by atoms with E-state index in [1.165, 1.54) is 109 Å². The maximum absolute atomic E-state index is 12.7. The Balaban J connectivity index is 4.50. The lowest BCUT2D eigenvalue weighted by Crippen LogP contribution is -2.30. The molecule has 0 radical (unpaired) electrons. The summed E-state index contributed by atoms with van der Waals surface area (Å²) in [7, 11) is 0. The third-order valence-corrected chi connectivity index (χ3v) is 10.6. The lowest BCUT2D eigenvalue weighted by molar-refractivity contribution is -0.166. The van der Waals surface area contributed by atoms with Crippen molar-refractivity contribution in [3.05, 3.63) is 85.1 Å². The van der Waals surface area contributed by atoms with Gasteiger partial charge in [0.25, 0.3) is 0 Å². The Morgan fingerprint density at radius 3 is 1.08 bits per heavy atom. The highest BCUT2D eigenvalue weighted by Gasteiger charge is 2.19. The number of esters is 3. The van der Waals surface area contributed by atoms with E-state index in [0.717, 1.165) is 83.5 Å². The smallest absolute Gasteiger partial charge is 0.310 e. The molecule has 62 heavy (non-hydrogen) atoms. The fourth-order valence-corrected chi connectivity index (χ4v) is 6.80. The van der Waals surface area contributed by atoms with Crippen LogP contribution in [0.25, 0.3) is 0 Å². The average molecular weight is 863 g/mol. The second-order valence-corrected chi connectivity index (χ2v) is 16.7. The lowest BCUT2D eigenvalue weighted by Gasteiger charge is -2.18. The van der Waals surface area contributed by atoms with Gasteiger partial charge >= 0.3 is 17.9 Å². The van der Waals surface area contributed by atoms with Crippen LogP contribution in [-0.4, -0.2) is 37.2 Å². The second kappa shape index (κ2) is 50.2. The zero-order valence-electron chi connectivity index (χ0n) is 40.4. The molecule has 1 unspecified atom stereocenters. The minimum absolute atomic E-state index is 0.0938. The molecule has 6 nitrogen and oxygen atoms in total. The highest BCUT2D eigenvalue weighted by Crippen LogP contribution is 2.13. The van der Waals surface area contributed by atoms with Crippen molar-refractivity contribution in [3.63, 3.8) is 0 Å². The average Bonchev–Trinajstić information content (AvgIpc) is 3.27. The van der Waals surface area contributed by atoms with Gasteiger partial charge in [-0.3, -0.25) is 14.4 Å². The standard InChI is InChI=1S/C56H94O6/c1-4-7-10-13-16-19-22-25-27-28-30-31-34-37-40-43-46-49-55(58)61-52-53(51-60-54(57)48-45-42-39-36-33-24-21-18-15-12-9-6-3)62-56(59)50-47-44-41-38-35-32-29-26-23-20-17-14-11-8-5-2/h8,11,17-18,20-21,25-27,29,35,38,44,47,53H,4-7,9-10,12-16,19,22-24,28,30-34,36-37,39-43,45-46,48-52H2,1-3H3/b11-8-,20-17-,21-18-,27-25-,29-26-,38-35-,47-44-. The first-order chi connectivity index (χ1) is 30.5. The van der Waals surface area contributed by atoms with Crippen LogP contribution in [0.5, 0.6) is 0 Å². The molecule has 0 amide bonds. The highest BCUT2D eigenvalue weighted by molar-refractivity contribution is 5.72. The summed E-state index contributed by atoms with van der Waals surface area (Å²) in [6.45, 7) is 6.39. The molecule has 0 bridgehead atoms. The summed E-state index contributed by atoms with van der Waals surface area (Å²) in [6.07, 6.45) is 64.5. The van der Waals surface area contributed by atoms with E-state index in [4.69, 9.17) is 14.2 Å². The minimum atomic E-state index is -0.835. The van der Waals surface area contributed by atoms with Gasteiger partial charge in [0.05, 0.1) is 6.42 Å². The third kappa shape index (κ3) is 47.6. The van der Waals surface area contributed by atoms with Crippen molar-refractivity contribution >= 4 is 17.9 Å². The predicted molar refractivity (Wildman–Crippen MR) is 265 cm³/mol. The Hall–Kier alpha value is -3.41.